The van der Waals surface area contributed by atoms with Crippen LogP contribution in [-0.4, -0.2) is 26.3 Å². The van der Waals surface area contributed by atoms with Gasteiger partial charge in [0.25, 0.3) is 0 Å². The second kappa shape index (κ2) is 9.95. The van der Waals surface area contributed by atoms with E-state index in [1.165, 1.54) is 36.8 Å². The first-order valence-electron chi connectivity index (χ1n) is 7.89. The summed E-state index contributed by atoms with van der Waals surface area (Å²) in [7, 11) is 1.78. The first-order chi connectivity index (χ1) is 9.61. The van der Waals surface area contributed by atoms with Gasteiger partial charge in [-0.05, 0) is 44.2 Å². The van der Waals surface area contributed by atoms with Gasteiger partial charge in [-0.15, -0.1) is 0 Å². The summed E-state index contributed by atoms with van der Waals surface area (Å²) >= 11 is 0. The molecule has 0 aliphatic carbocycles. The molecule has 0 aromatic heterocycles. The Balaban J connectivity index is 2.47. The van der Waals surface area contributed by atoms with E-state index in [4.69, 9.17) is 4.74 Å². The van der Waals surface area contributed by atoms with Crippen molar-refractivity contribution in [1.29, 1.82) is 0 Å². The predicted molar refractivity (Wildman–Crippen MR) is 87.2 cm³/mol. The van der Waals surface area contributed by atoms with Gasteiger partial charge in [0.05, 0.1) is 0 Å². The zero-order chi connectivity index (χ0) is 14.8. The van der Waals surface area contributed by atoms with E-state index in [2.05, 4.69) is 50.4 Å². The molecule has 0 saturated carbocycles. The highest BCUT2D eigenvalue weighted by molar-refractivity contribution is 5.22. The largest absolute Gasteiger partial charge is 0.385 e. The molecule has 1 N–H and O–H groups in total. The number of hydrogen-bond donors (Lipinski definition) is 1. The third kappa shape index (κ3) is 7.66. The maximum absolute atomic E-state index is 5.14. The number of ether oxygens (including phenoxy) is 1. The quantitative estimate of drug-likeness (QED) is 0.653. The third-order valence-corrected chi connectivity index (χ3v) is 3.63. The van der Waals surface area contributed by atoms with Crippen LogP contribution in [0, 0.1) is 12.8 Å². The highest BCUT2D eigenvalue weighted by Gasteiger charge is 2.10. The highest BCUT2D eigenvalue weighted by atomic mass is 16.5. The van der Waals surface area contributed by atoms with Gasteiger partial charge in [0.15, 0.2) is 0 Å². The molecule has 2 heteroatoms. The second-order valence-electron chi connectivity index (χ2n) is 6.11. The van der Waals surface area contributed by atoms with Crippen molar-refractivity contribution in [3.05, 3.63) is 35.4 Å². The Labute approximate surface area is 124 Å². The molecule has 114 valence electrons. The lowest BCUT2D eigenvalue weighted by Crippen LogP contribution is -2.30. The molecule has 1 atom stereocenters. The van der Waals surface area contributed by atoms with Crippen molar-refractivity contribution < 1.29 is 4.74 Å². The van der Waals surface area contributed by atoms with E-state index in [1.807, 2.05) is 0 Å². The fourth-order valence-corrected chi connectivity index (χ4v) is 2.53. The van der Waals surface area contributed by atoms with Gasteiger partial charge >= 0.3 is 0 Å². The Hall–Kier alpha value is -0.860. The number of aryl methyl sites for hydroxylation is 1. The minimum absolute atomic E-state index is 0.564. The highest BCUT2D eigenvalue weighted by Crippen LogP contribution is 2.16. The molecule has 0 saturated heterocycles. The van der Waals surface area contributed by atoms with Gasteiger partial charge in [-0.1, -0.05) is 50.1 Å². The normalized spacial score (nSPS) is 12.8. The van der Waals surface area contributed by atoms with E-state index in [0.29, 0.717) is 6.04 Å². The van der Waals surface area contributed by atoms with Crippen LogP contribution in [0.25, 0.3) is 0 Å². The van der Waals surface area contributed by atoms with E-state index in [1.54, 1.807) is 7.11 Å². The summed E-state index contributed by atoms with van der Waals surface area (Å²) in [6, 6.07) is 9.47. The Bertz CT molecular complexity index is 362. The summed E-state index contributed by atoms with van der Waals surface area (Å²) in [5.74, 6) is 0.719. The van der Waals surface area contributed by atoms with Gasteiger partial charge in [0, 0.05) is 19.8 Å². The van der Waals surface area contributed by atoms with Crippen LogP contribution in [-0.2, 0) is 11.2 Å². The van der Waals surface area contributed by atoms with Crippen LogP contribution in [0.1, 0.15) is 44.2 Å². The molecule has 2 nitrogen and oxygen atoms in total. The molecular formula is C18H31NO. The Morgan fingerprint density at radius 2 is 2.00 bits per heavy atom. The van der Waals surface area contributed by atoms with E-state index < -0.39 is 0 Å². The molecule has 1 unspecified atom stereocenters. The molecule has 0 spiro atoms. The van der Waals surface area contributed by atoms with E-state index in [-0.39, 0.29) is 0 Å². The van der Waals surface area contributed by atoms with Crippen molar-refractivity contribution in [2.75, 3.05) is 20.3 Å². The van der Waals surface area contributed by atoms with Crippen LogP contribution < -0.4 is 5.32 Å². The fraction of sp³-hybridized carbons (Fsp3) is 0.667. The molecule has 0 aliphatic heterocycles. The zero-order valence-corrected chi connectivity index (χ0v) is 13.6. The van der Waals surface area contributed by atoms with Gasteiger partial charge in [0.1, 0.15) is 0 Å². The second-order valence-corrected chi connectivity index (χ2v) is 6.11. The van der Waals surface area contributed by atoms with Crippen molar-refractivity contribution in [2.24, 2.45) is 5.92 Å². The van der Waals surface area contributed by atoms with Gasteiger partial charge in [-0.25, -0.2) is 0 Å². The standard InChI is InChI=1S/C18H31NO/c1-15(2)19-14-18(9-5-6-11-20-4)13-17-10-7-8-16(3)12-17/h7-8,10,12,15,18-19H,5-6,9,11,13-14H2,1-4H3. The van der Waals surface area contributed by atoms with Crippen molar-refractivity contribution in [2.45, 2.75) is 52.5 Å². The van der Waals surface area contributed by atoms with Crippen LogP contribution in [0.15, 0.2) is 24.3 Å². The summed E-state index contributed by atoms with van der Waals surface area (Å²) in [6.07, 6.45) is 4.87. The van der Waals surface area contributed by atoms with E-state index >= 15 is 0 Å². The minimum atomic E-state index is 0.564. The molecular weight excluding hydrogens is 246 g/mol. The summed E-state index contributed by atoms with van der Waals surface area (Å²) in [6.45, 7) is 8.60. The lowest BCUT2D eigenvalue weighted by atomic mass is 9.93. The summed E-state index contributed by atoms with van der Waals surface area (Å²) in [4.78, 5) is 0. The van der Waals surface area contributed by atoms with Crippen LogP contribution in [0.5, 0.6) is 0 Å². The lowest BCUT2D eigenvalue weighted by molar-refractivity contribution is 0.190. The lowest BCUT2D eigenvalue weighted by Gasteiger charge is -2.19. The molecule has 1 aromatic rings. The number of nitrogens with one attached hydrogen (secondary N) is 1. The molecule has 0 fully saturated rings. The summed E-state index contributed by atoms with van der Waals surface area (Å²) in [5.41, 5.74) is 2.82. The smallest absolute Gasteiger partial charge is 0.0462 e. The van der Waals surface area contributed by atoms with Crippen LogP contribution in [0.3, 0.4) is 0 Å². The summed E-state index contributed by atoms with van der Waals surface area (Å²) < 4.78 is 5.14. The maximum Gasteiger partial charge on any atom is 0.0462 e. The number of unbranched alkanes of at least 4 members (excludes halogenated alkanes) is 1. The van der Waals surface area contributed by atoms with Crippen LogP contribution >= 0.6 is 0 Å². The molecule has 0 heterocycles. The third-order valence-electron chi connectivity index (χ3n) is 3.63. The van der Waals surface area contributed by atoms with E-state index in [9.17, 15) is 0 Å². The average molecular weight is 277 g/mol. The van der Waals surface area contributed by atoms with Crippen molar-refractivity contribution in [3.63, 3.8) is 0 Å². The van der Waals surface area contributed by atoms with Crippen LogP contribution in [0.2, 0.25) is 0 Å². The Kier molecular flexibility index (Phi) is 8.56. The number of hydrogen-bond acceptors (Lipinski definition) is 2. The van der Waals surface area contributed by atoms with E-state index in [0.717, 1.165) is 19.1 Å². The fourth-order valence-electron chi connectivity index (χ4n) is 2.53. The summed E-state index contributed by atoms with van der Waals surface area (Å²) in [5, 5.41) is 3.59. The number of methoxy groups -OCH3 is 1. The topological polar surface area (TPSA) is 21.3 Å². The van der Waals surface area contributed by atoms with Gasteiger partial charge < -0.3 is 10.1 Å². The number of benzene rings is 1. The van der Waals surface area contributed by atoms with Crippen LogP contribution in [0.4, 0.5) is 0 Å². The monoisotopic (exact) mass is 277 g/mol. The van der Waals surface area contributed by atoms with Crippen molar-refractivity contribution >= 4 is 0 Å². The molecule has 20 heavy (non-hydrogen) atoms. The maximum atomic E-state index is 5.14. The first kappa shape index (κ1) is 17.2. The molecule has 0 aliphatic rings. The zero-order valence-electron chi connectivity index (χ0n) is 13.6. The first-order valence-corrected chi connectivity index (χ1v) is 7.89. The van der Waals surface area contributed by atoms with Gasteiger partial charge in [0.2, 0.25) is 0 Å². The van der Waals surface area contributed by atoms with Crippen molar-refractivity contribution in [3.8, 4) is 0 Å². The van der Waals surface area contributed by atoms with Gasteiger partial charge in [-0.3, -0.25) is 0 Å². The minimum Gasteiger partial charge on any atom is -0.385 e. The SMILES string of the molecule is COCCCCC(CNC(C)C)Cc1cccc(C)c1. The molecule has 0 radical (unpaired) electrons. The number of rotatable bonds is 10. The average Bonchev–Trinajstić information content (AvgIpc) is 2.40. The Morgan fingerprint density at radius 3 is 2.65 bits per heavy atom. The molecule has 1 rings (SSSR count). The predicted octanol–water partition coefficient (Wildman–Crippen LogP) is 3.97. The van der Waals surface area contributed by atoms with Crippen molar-refractivity contribution in [1.82, 2.24) is 5.32 Å². The Morgan fingerprint density at radius 1 is 1.20 bits per heavy atom. The molecule has 0 amide bonds. The molecule has 0 bridgehead atoms. The van der Waals surface area contributed by atoms with Gasteiger partial charge in [-0.2, -0.15) is 0 Å². The molecule has 1 aromatic carbocycles.